The van der Waals surface area contributed by atoms with E-state index in [1.54, 1.807) is 0 Å². The lowest BCUT2D eigenvalue weighted by Gasteiger charge is -2.07. The van der Waals surface area contributed by atoms with Gasteiger partial charge < -0.3 is 10.5 Å². The number of hydrogen-bond donors (Lipinski definition) is 1. The molecule has 0 spiro atoms. The molecule has 4 nitrogen and oxygen atoms in total. The van der Waals surface area contributed by atoms with E-state index in [9.17, 15) is 13.2 Å². The molecule has 0 saturated heterocycles. The van der Waals surface area contributed by atoms with Gasteiger partial charge in [0.2, 0.25) is 0 Å². The zero-order valence-corrected chi connectivity index (χ0v) is 11.9. The minimum absolute atomic E-state index is 0.0588. The van der Waals surface area contributed by atoms with Crippen molar-refractivity contribution in [2.24, 2.45) is 0 Å². The average Bonchev–Trinajstić information content (AvgIpc) is 2.81. The summed E-state index contributed by atoms with van der Waals surface area (Å²) < 4.78 is 40.0. The summed E-state index contributed by atoms with van der Waals surface area (Å²) in [5, 5.41) is 3.25. The number of anilines is 1. The highest BCUT2D eigenvalue weighted by molar-refractivity contribution is 7.99. The van der Waals surface area contributed by atoms with Crippen molar-refractivity contribution in [3.8, 4) is 0 Å². The van der Waals surface area contributed by atoms with Crippen LogP contribution in [-0.4, -0.2) is 35.1 Å². The highest BCUT2D eigenvalue weighted by atomic mass is 32.2. The van der Waals surface area contributed by atoms with Crippen LogP contribution in [0.5, 0.6) is 0 Å². The van der Waals surface area contributed by atoms with Crippen LogP contribution in [0.1, 0.15) is 6.42 Å². The minimum atomic E-state index is -4.27. The summed E-state index contributed by atoms with van der Waals surface area (Å²) in [6.45, 7) is -1.15. The third kappa shape index (κ3) is 4.50. The number of thiophene rings is 1. The van der Waals surface area contributed by atoms with Crippen LogP contribution in [0.3, 0.4) is 0 Å². The van der Waals surface area contributed by atoms with Gasteiger partial charge in [-0.2, -0.15) is 13.2 Å². The predicted molar refractivity (Wildman–Crippen MR) is 74.0 cm³/mol. The topological polar surface area (TPSA) is 61.0 Å². The molecule has 2 aromatic heterocycles. The summed E-state index contributed by atoms with van der Waals surface area (Å²) in [7, 11) is 0. The molecule has 2 N–H and O–H groups in total. The van der Waals surface area contributed by atoms with Crippen molar-refractivity contribution in [1.82, 2.24) is 9.97 Å². The van der Waals surface area contributed by atoms with Crippen LogP contribution < -0.4 is 5.73 Å². The van der Waals surface area contributed by atoms with E-state index in [1.807, 2.05) is 11.4 Å². The second-order valence-electron chi connectivity index (χ2n) is 3.90. The molecule has 0 aliphatic carbocycles. The largest absolute Gasteiger partial charge is 0.411 e. The Morgan fingerprint density at radius 3 is 2.90 bits per heavy atom. The van der Waals surface area contributed by atoms with Crippen LogP contribution in [0.2, 0.25) is 0 Å². The summed E-state index contributed by atoms with van der Waals surface area (Å²) in [6, 6.07) is 1.86. The lowest BCUT2D eigenvalue weighted by molar-refractivity contribution is -0.173. The van der Waals surface area contributed by atoms with Crippen molar-refractivity contribution in [1.29, 1.82) is 0 Å². The van der Waals surface area contributed by atoms with Crippen molar-refractivity contribution in [2.45, 2.75) is 17.8 Å². The molecule has 0 radical (unpaired) electrons. The van der Waals surface area contributed by atoms with Gasteiger partial charge in [0.15, 0.2) is 5.16 Å². The first-order valence-corrected chi connectivity index (χ1v) is 7.60. The number of rotatable bonds is 6. The Bertz CT molecular complexity index is 574. The molecule has 0 aliphatic heterocycles. The van der Waals surface area contributed by atoms with E-state index in [4.69, 9.17) is 5.73 Å². The van der Waals surface area contributed by atoms with Crippen molar-refractivity contribution in [3.63, 3.8) is 0 Å². The fourth-order valence-electron chi connectivity index (χ4n) is 1.43. The Hall–Kier alpha value is -1.06. The van der Waals surface area contributed by atoms with Crippen molar-refractivity contribution in [3.05, 3.63) is 11.4 Å². The van der Waals surface area contributed by atoms with E-state index in [-0.39, 0.29) is 6.61 Å². The van der Waals surface area contributed by atoms with Crippen LogP contribution in [-0.2, 0) is 4.74 Å². The Morgan fingerprint density at radius 2 is 2.15 bits per heavy atom. The van der Waals surface area contributed by atoms with E-state index in [2.05, 4.69) is 14.7 Å². The first kappa shape index (κ1) is 15.3. The number of aromatic nitrogens is 2. The molecule has 0 aromatic carbocycles. The lowest BCUT2D eigenvalue weighted by Crippen LogP contribution is -2.17. The molecular weight excluding hydrogens is 311 g/mol. The molecule has 0 atom stereocenters. The highest BCUT2D eigenvalue weighted by Gasteiger charge is 2.27. The number of nitrogen functional groups attached to an aromatic ring is 1. The quantitative estimate of drug-likeness (QED) is 0.502. The average molecular weight is 323 g/mol. The molecular formula is C11H12F3N3OS2. The lowest BCUT2D eigenvalue weighted by atomic mass is 10.4. The number of ether oxygens (including phenoxy) is 1. The van der Waals surface area contributed by atoms with E-state index in [1.165, 1.54) is 23.1 Å². The maximum absolute atomic E-state index is 11.8. The van der Waals surface area contributed by atoms with E-state index in [0.29, 0.717) is 23.1 Å². The zero-order chi connectivity index (χ0) is 14.6. The van der Waals surface area contributed by atoms with Crippen molar-refractivity contribution >= 4 is 39.1 Å². The summed E-state index contributed by atoms with van der Waals surface area (Å²) in [5.74, 6) is 1.00. The molecule has 110 valence electrons. The molecule has 2 heterocycles. The molecule has 2 rings (SSSR count). The summed E-state index contributed by atoms with van der Waals surface area (Å²) in [6.07, 6.45) is -3.78. The van der Waals surface area contributed by atoms with Gasteiger partial charge in [-0.15, -0.1) is 11.3 Å². The fraction of sp³-hybridized carbons (Fsp3) is 0.455. The molecule has 2 aromatic rings. The number of fused-ring (bicyclic) bond motifs is 1. The summed E-state index contributed by atoms with van der Waals surface area (Å²) >= 11 is 2.83. The smallest absolute Gasteiger partial charge is 0.383 e. The maximum Gasteiger partial charge on any atom is 0.411 e. The monoisotopic (exact) mass is 323 g/mol. The second-order valence-corrected chi connectivity index (χ2v) is 5.86. The van der Waals surface area contributed by atoms with Gasteiger partial charge in [-0.25, -0.2) is 9.97 Å². The molecule has 20 heavy (non-hydrogen) atoms. The predicted octanol–water partition coefficient (Wildman–Crippen LogP) is 3.33. The van der Waals surface area contributed by atoms with Gasteiger partial charge in [0.1, 0.15) is 17.3 Å². The number of halogens is 3. The first-order chi connectivity index (χ1) is 9.46. The summed E-state index contributed by atoms with van der Waals surface area (Å²) in [5.41, 5.74) is 5.79. The van der Waals surface area contributed by atoms with Crippen LogP contribution in [0.4, 0.5) is 19.0 Å². The molecule has 0 aliphatic rings. The number of alkyl halides is 3. The Morgan fingerprint density at radius 1 is 1.35 bits per heavy atom. The molecule has 9 heteroatoms. The number of thioether (sulfide) groups is 1. The van der Waals surface area contributed by atoms with E-state index in [0.717, 1.165) is 10.2 Å². The van der Waals surface area contributed by atoms with Gasteiger partial charge in [0, 0.05) is 12.4 Å². The van der Waals surface area contributed by atoms with Crippen molar-refractivity contribution < 1.29 is 17.9 Å². The minimum Gasteiger partial charge on any atom is -0.383 e. The Kier molecular flexibility index (Phi) is 5.06. The number of nitrogens with two attached hydrogens (primary N) is 1. The number of hydrogen-bond acceptors (Lipinski definition) is 6. The van der Waals surface area contributed by atoms with Crippen molar-refractivity contribution in [2.75, 3.05) is 24.7 Å². The number of nitrogens with zero attached hydrogens (tertiary/aromatic N) is 2. The molecule has 0 bridgehead atoms. The summed E-state index contributed by atoms with van der Waals surface area (Å²) in [4.78, 5) is 9.28. The van der Waals surface area contributed by atoms with Gasteiger partial charge >= 0.3 is 6.18 Å². The Labute approximate surface area is 121 Å². The molecule has 0 amide bonds. The SMILES string of the molecule is Nc1nc(SCCCOCC(F)(F)F)nc2sccc12. The van der Waals surface area contributed by atoms with E-state index >= 15 is 0 Å². The van der Waals surface area contributed by atoms with Gasteiger partial charge in [-0.05, 0) is 17.9 Å². The van der Waals surface area contributed by atoms with Gasteiger partial charge in [-0.3, -0.25) is 0 Å². The van der Waals surface area contributed by atoms with Crippen LogP contribution in [0.25, 0.3) is 10.2 Å². The normalized spacial score (nSPS) is 12.2. The molecule has 0 saturated carbocycles. The van der Waals surface area contributed by atoms with E-state index < -0.39 is 12.8 Å². The van der Waals surface area contributed by atoms with Gasteiger partial charge in [-0.1, -0.05) is 11.8 Å². The second kappa shape index (κ2) is 6.59. The molecule has 0 fully saturated rings. The third-order valence-corrected chi connectivity index (χ3v) is 4.00. The Balaban J connectivity index is 1.76. The fourth-order valence-corrected chi connectivity index (χ4v) is 3.03. The van der Waals surface area contributed by atoms with Crippen LogP contribution >= 0.6 is 23.1 Å². The van der Waals surface area contributed by atoms with Crippen LogP contribution in [0.15, 0.2) is 16.6 Å². The first-order valence-electron chi connectivity index (χ1n) is 5.74. The third-order valence-electron chi connectivity index (χ3n) is 2.26. The van der Waals surface area contributed by atoms with Crippen LogP contribution in [0, 0.1) is 0 Å². The van der Waals surface area contributed by atoms with Gasteiger partial charge in [0.25, 0.3) is 0 Å². The van der Waals surface area contributed by atoms with Gasteiger partial charge in [0.05, 0.1) is 5.39 Å². The standard InChI is InChI=1S/C11H12F3N3OS2/c12-11(13,14)6-18-3-1-4-20-10-16-8(15)7-2-5-19-9(7)17-10/h2,5H,1,3-4,6H2,(H2,15,16,17). The molecule has 0 unspecified atom stereocenters. The highest BCUT2D eigenvalue weighted by Crippen LogP contribution is 2.26. The zero-order valence-electron chi connectivity index (χ0n) is 10.3. The maximum atomic E-state index is 11.8.